The number of amides is 2. The summed E-state index contributed by atoms with van der Waals surface area (Å²) in [5, 5.41) is 3.04. The Balaban J connectivity index is 0.00000243. The van der Waals surface area contributed by atoms with Gasteiger partial charge in [0.15, 0.2) is 0 Å². The predicted octanol–water partition coefficient (Wildman–Crippen LogP) is 2.92. The highest BCUT2D eigenvalue weighted by molar-refractivity contribution is 7.99. The lowest BCUT2D eigenvalue weighted by molar-refractivity contribution is -0.120. The van der Waals surface area contributed by atoms with Crippen molar-refractivity contribution in [3.8, 4) is 0 Å². The van der Waals surface area contributed by atoms with Crippen molar-refractivity contribution in [2.45, 2.75) is 26.2 Å². The molecule has 26 heavy (non-hydrogen) atoms. The van der Waals surface area contributed by atoms with Gasteiger partial charge in [0.25, 0.3) is 5.91 Å². The quantitative estimate of drug-likeness (QED) is 0.819. The number of anilines is 1. The number of halogens is 1. The molecule has 2 amide bonds. The smallest absolute Gasteiger partial charge is 0.253 e. The zero-order valence-electron chi connectivity index (χ0n) is 15.2. The Morgan fingerprint density at radius 2 is 2.00 bits per heavy atom. The molecule has 1 heterocycles. The number of thioether (sulfide) groups is 1. The molecular formula is C19H28ClN3O2S. The van der Waals surface area contributed by atoms with E-state index in [0.717, 1.165) is 55.1 Å². The molecule has 3 N–H and O–H groups in total. The van der Waals surface area contributed by atoms with Crippen LogP contribution in [0.15, 0.2) is 18.2 Å². The van der Waals surface area contributed by atoms with Gasteiger partial charge in [-0.25, -0.2) is 0 Å². The van der Waals surface area contributed by atoms with Gasteiger partial charge < -0.3 is 16.0 Å². The van der Waals surface area contributed by atoms with Crippen LogP contribution in [-0.2, 0) is 4.79 Å². The minimum atomic E-state index is 0. The van der Waals surface area contributed by atoms with E-state index < -0.39 is 0 Å². The van der Waals surface area contributed by atoms with Gasteiger partial charge in [-0.05, 0) is 56.0 Å². The molecule has 1 aliphatic heterocycles. The number of carbonyl (C=O) groups is 2. The van der Waals surface area contributed by atoms with E-state index >= 15 is 0 Å². The van der Waals surface area contributed by atoms with E-state index in [1.807, 2.05) is 41.8 Å². The molecule has 2 atom stereocenters. The Labute approximate surface area is 165 Å². The highest BCUT2D eigenvalue weighted by atomic mass is 35.5. The van der Waals surface area contributed by atoms with Gasteiger partial charge in [0.05, 0.1) is 0 Å². The van der Waals surface area contributed by atoms with Gasteiger partial charge in [-0.15, -0.1) is 12.4 Å². The molecule has 0 radical (unpaired) electrons. The molecule has 7 heteroatoms. The fraction of sp³-hybridized carbons (Fsp3) is 0.579. The first kappa shape index (κ1) is 21.1. The van der Waals surface area contributed by atoms with Crippen molar-refractivity contribution in [3.05, 3.63) is 29.3 Å². The van der Waals surface area contributed by atoms with Crippen LogP contribution in [0, 0.1) is 18.8 Å². The lowest BCUT2D eigenvalue weighted by Crippen LogP contribution is -2.37. The molecule has 3 rings (SSSR count). The Morgan fingerprint density at radius 1 is 1.27 bits per heavy atom. The van der Waals surface area contributed by atoms with E-state index in [-0.39, 0.29) is 36.1 Å². The number of hydrogen-bond donors (Lipinski definition) is 2. The summed E-state index contributed by atoms with van der Waals surface area (Å²) in [5.74, 6) is 2.45. The van der Waals surface area contributed by atoms with Gasteiger partial charge >= 0.3 is 0 Å². The third-order valence-electron chi connectivity index (χ3n) is 5.33. The van der Waals surface area contributed by atoms with Crippen molar-refractivity contribution in [1.29, 1.82) is 0 Å². The summed E-state index contributed by atoms with van der Waals surface area (Å²) in [5.41, 5.74) is 8.20. The fourth-order valence-electron chi connectivity index (χ4n) is 3.78. The van der Waals surface area contributed by atoms with Gasteiger partial charge in [0.2, 0.25) is 5.91 Å². The van der Waals surface area contributed by atoms with Gasteiger partial charge in [-0.3, -0.25) is 9.59 Å². The van der Waals surface area contributed by atoms with Crippen molar-refractivity contribution in [1.82, 2.24) is 4.90 Å². The van der Waals surface area contributed by atoms with Gasteiger partial charge in [0, 0.05) is 41.8 Å². The second-order valence-corrected chi connectivity index (χ2v) is 8.18. The lowest BCUT2D eigenvalue weighted by atomic mass is 9.95. The van der Waals surface area contributed by atoms with Crippen molar-refractivity contribution in [2.24, 2.45) is 17.6 Å². The van der Waals surface area contributed by atoms with Crippen molar-refractivity contribution < 1.29 is 9.59 Å². The van der Waals surface area contributed by atoms with Crippen LogP contribution in [0.1, 0.15) is 35.2 Å². The number of nitrogens with two attached hydrogens (primary N) is 1. The number of rotatable bonds is 4. The number of aryl methyl sites for hydroxylation is 1. The van der Waals surface area contributed by atoms with Crippen molar-refractivity contribution in [3.63, 3.8) is 0 Å². The average molecular weight is 398 g/mol. The standard InChI is InChI=1S/C19H27N3O2S.ClH/c1-13-11-14(19(24)22-7-9-25-10-8-22)5-6-17(13)21-18(23)16-4-2-3-15(16)12-20;/h5-6,11,15-16H,2-4,7-10,12,20H2,1H3,(H,21,23);1H/t15-,16-;/m1./s1. The highest BCUT2D eigenvalue weighted by Crippen LogP contribution is 2.32. The molecule has 1 saturated carbocycles. The summed E-state index contributed by atoms with van der Waals surface area (Å²) in [6, 6.07) is 5.56. The molecule has 5 nitrogen and oxygen atoms in total. The maximum Gasteiger partial charge on any atom is 0.253 e. The van der Waals surface area contributed by atoms with Crippen LogP contribution in [0.5, 0.6) is 0 Å². The maximum absolute atomic E-state index is 12.6. The average Bonchev–Trinajstić information content (AvgIpc) is 3.12. The molecule has 0 bridgehead atoms. The van der Waals surface area contributed by atoms with Crippen LogP contribution in [0.2, 0.25) is 0 Å². The first-order valence-electron chi connectivity index (χ1n) is 9.08. The molecule has 1 aromatic rings. The summed E-state index contributed by atoms with van der Waals surface area (Å²) >= 11 is 1.89. The van der Waals surface area contributed by atoms with Crippen molar-refractivity contribution >= 4 is 41.7 Å². The van der Waals surface area contributed by atoms with Crippen LogP contribution in [0.3, 0.4) is 0 Å². The molecule has 0 unspecified atom stereocenters. The molecule has 0 spiro atoms. The van der Waals surface area contributed by atoms with Gasteiger partial charge in [0.1, 0.15) is 0 Å². The number of hydrogen-bond acceptors (Lipinski definition) is 4. The second-order valence-electron chi connectivity index (χ2n) is 6.96. The largest absolute Gasteiger partial charge is 0.337 e. The van der Waals surface area contributed by atoms with Crippen LogP contribution >= 0.6 is 24.2 Å². The monoisotopic (exact) mass is 397 g/mol. The SMILES string of the molecule is Cc1cc(C(=O)N2CCSCC2)ccc1NC(=O)[C@@H]1CCC[C@@H]1CN.Cl. The van der Waals surface area contributed by atoms with E-state index in [2.05, 4.69) is 5.32 Å². The zero-order chi connectivity index (χ0) is 17.8. The van der Waals surface area contributed by atoms with E-state index in [9.17, 15) is 9.59 Å². The maximum atomic E-state index is 12.6. The van der Waals surface area contributed by atoms with Crippen LogP contribution in [0.25, 0.3) is 0 Å². The second kappa shape index (κ2) is 9.62. The molecule has 144 valence electrons. The van der Waals surface area contributed by atoms with E-state index in [1.54, 1.807) is 0 Å². The number of nitrogens with one attached hydrogen (secondary N) is 1. The molecule has 2 fully saturated rings. The molecule has 2 aliphatic rings. The van der Waals surface area contributed by atoms with Crippen LogP contribution in [0.4, 0.5) is 5.69 Å². The number of benzene rings is 1. The molecule has 1 aliphatic carbocycles. The Morgan fingerprint density at radius 3 is 2.65 bits per heavy atom. The third kappa shape index (κ3) is 4.72. The predicted molar refractivity (Wildman–Crippen MR) is 110 cm³/mol. The summed E-state index contributed by atoms with van der Waals surface area (Å²) in [7, 11) is 0. The highest BCUT2D eigenvalue weighted by Gasteiger charge is 2.32. The van der Waals surface area contributed by atoms with E-state index in [1.165, 1.54) is 0 Å². The van der Waals surface area contributed by atoms with E-state index in [4.69, 9.17) is 5.73 Å². The van der Waals surface area contributed by atoms with Crippen molar-refractivity contribution in [2.75, 3.05) is 36.5 Å². The number of carbonyl (C=O) groups excluding carboxylic acids is 2. The lowest BCUT2D eigenvalue weighted by Gasteiger charge is -2.26. The molecule has 0 aromatic heterocycles. The zero-order valence-corrected chi connectivity index (χ0v) is 16.8. The fourth-order valence-corrected chi connectivity index (χ4v) is 4.68. The third-order valence-corrected chi connectivity index (χ3v) is 6.27. The normalized spacial score (nSPS) is 22.6. The topological polar surface area (TPSA) is 75.4 Å². The van der Waals surface area contributed by atoms with Crippen LogP contribution < -0.4 is 11.1 Å². The van der Waals surface area contributed by atoms with Gasteiger partial charge in [-0.2, -0.15) is 11.8 Å². The summed E-state index contributed by atoms with van der Waals surface area (Å²) in [6.45, 7) is 4.12. The minimum absolute atomic E-state index is 0. The Hall–Kier alpha value is -1.24. The molecule has 1 aromatic carbocycles. The summed E-state index contributed by atoms with van der Waals surface area (Å²) in [6.07, 6.45) is 3.02. The van der Waals surface area contributed by atoms with Gasteiger partial charge in [-0.1, -0.05) is 6.42 Å². The number of nitrogens with zero attached hydrogens (tertiary/aromatic N) is 1. The Kier molecular flexibility index (Phi) is 7.80. The molecular weight excluding hydrogens is 370 g/mol. The molecule has 1 saturated heterocycles. The van der Waals surface area contributed by atoms with Crippen LogP contribution in [-0.4, -0.2) is 47.9 Å². The summed E-state index contributed by atoms with van der Waals surface area (Å²) < 4.78 is 0. The first-order valence-corrected chi connectivity index (χ1v) is 10.2. The Bertz CT molecular complexity index is 650. The first-order chi connectivity index (χ1) is 12.1. The summed E-state index contributed by atoms with van der Waals surface area (Å²) in [4.78, 5) is 27.1. The van der Waals surface area contributed by atoms with E-state index in [0.29, 0.717) is 12.1 Å². The minimum Gasteiger partial charge on any atom is -0.337 e.